The van der Waals surface area contributed by atoms with E-state index >= 15 is 0 Å². The predicted octanol–water partition coefficient (Wildman–Crippen LogP) is 3.78. The molecule has 0 radical (unpaired) electrons. The maximum Gasteiger partial charge on any atom is 0.123 e. The van der Waals surface area contributed by atoms with Crippen molar-refractivity contribution in [3.8, 4) is 5.75 Å². The van der Waals surface area contributed by atoms with E-state index in [0.717, 1.165) is 12.3 Å². The fraction of sp³-hybridized carbons (Fsp3) is 0.647. The predicted molar refractivity (Wildman–Crippen MR) is 78.5 cm³/mol. The second-order valence-corrected chi connectivity index (χ2v) is 6.21. The van der Waals surface area contributed by atoms with Gasteiger partial charge in [-0.1, -0.05) is 37.5 Å². The summed E-state index contributed by atoms with van der Waals surface area (Å²) in [7, 11) is 0. The first-order chi connectivity index (χ1) is 9.34. The second-order valence-electron chi connectivity index (χ2n) is 6.21. The number of para-hydroxylation sites is 1. The van der Waals surface area contributed by atoms with Gasteiger partial charge in [0.15, 0.2) is 0 Å². The second kappa shape index (κ2) is 5.54. The third-order valence-corrected chi connectivity index (χ3v) is 5.01. The van der Waals surface area contributed by atoms with Crippen molar-refractivity contribution in [1.29, 1.82) is 0 Å². The van der Waals surface area contributed by atoms with E-state index in [1.807, 2.05) is 0 Å². The van der Waals surface area contributed by atoms with Crippen molar-refractivity contribution in [2.45, 2.75) is 62.9 Å². The zero-order valence-corrected chi connectivity index (χ0v) is 11.7. The summed E-state index contributed by atoms with van der Waals surface area (Å²) in [5.41, 5.74) is 7.69. The van der Waals surface area contributed by atoms with E-state index in [-0.39, 0.29) is 5.41 Å². The van der Waals surface area contributed by atoms with Crippen molar-refractivity contribution in [2.75, 3.05) is 6.54 Å². The first-order valence-corrected chi connectivity index (χ1v) is 7.80. The molecule has 2 fully saturated rings. The maximum absolute atomic E-state index is 6.21. The molecule has 2 saturated carbocycles. The van der Waals surface area contributed by atoms with Gasteiger partial charge in [0.05, 0.1) is 6.10 Å². The lowest BCUT2D eigenvalue weighted by Gasteiger charge is -2.39. The van der Waals surface area contributed by atoms with Crippen LogP contribution in [0.2, 0.25) is 0 Å². The van der Waals surface area contributed by atoms with Gasteiger partial charge < -0.3 is 10.5 Å². The van der Waals surface area contributed by atoms with Gasteiger partial charge in [0.2, 0.25) is 0 Å². The van der Waals surface area contributed by atoms with Crippen LogP contribution in [0.4, 0.5) is 0 Å². The lowest BCUT2D eigenvalue weighted by Crippen LogP contribution is -2.38. The zero-order chi connectivity index (χ0) is 13.1. The number of rotatable bonds is 4. The molecule has 0 spiro atoms. The van der Waals surface area contributed by atoms with Crippen LogP contribution < -0.4 is 10.5 Å². The van der Waals surface area contributed by atoms with E-state index in [2.05, 4.69) is 24.3 Å². The average molecular weight is 259 g/mol. The lowest BCUT2D eigenvalue weighted by molar-refractivity contribution is 0.116. The molecule has 2 heteroatoms. The minimum atomic E-state index is 0.165. The Morgan fingerprint density at radius 1 is 1.05 bits per heavy atom. The van der Waals surface area contributed by atoms with E-state index < -0.39 is 0 Å². The Hall–Kier alpha value is -1.02. The molecule has 3 rings (SSSR count). The molecule has 0 aromatic heterocycles. The van der Waals surface area contributed by atoms with Crippen molar-refractivity contribution < 1.29 is 4.74 Å². The Morgan fingerprint density at radius 3 is 2.42 bits per heavy atom. The minimum absolute atomic E-state index is 0.165. The number of nitrogens with two attached hydrogens (primary N) is 1. The van der Waals surface area contributed by atoms with Crippen LogP contribution >= 0.6 is 0 Å². The molecule has 2 nitrogen and oxygen atoms in total. The molecule has 0 amide bonds. The standard InChI is InChI=1S/C17H25NO/c18-13-17(11-4-1-5-12-17)15-9-2-3-10-16(15)19-14-7-6-8-14/h2-3,9-10,14H,1,4-8,11-13,18H2. The van der Waals surface area contributed by atoms with Crippen LogP contribution in [-0.2, 0) is 5.41 Å². The summed E-state index contributed by atoms with van der Waals surface area (Å²) in [6.45, 7) is 0.748. The van der Waals surface area contributed by atoms with E-state index in [9.17, 15) is 0 Å². The van der Waals surface area contributed by atoms with Crippen LogP contribution in [0.3, 0.4) is 0 Å². The van der Waals surface area contributed by atoms with Crippen molar-refractivity contribution in [2.24, 2.45) is 5.73 Å². The van der Waals surface area contributed by atoms with Gasteiger partial charge in [-0.25, -0.2) is 0 Å². The van der Waals surface area contributed by atoms with E-state index in [4.69, 9.17) is 10.5 Å². The maximum atomic E-state index is 6.21. The lowest BCUT2D eigenvalue weighted by atomic mass is 9.69. The quantitative estimate of drug-likeness (QED) is 0.893. The molecule has 0 bridgehead atoms. The highest BCUT2D eigenvalue weighted by Gasteiger charge is 2.35. The molecule has 2 N–H and O–H groups in total. The first kappa shape index (κ1) is 13.0. The summed E-state index contributed by atoms with van der Waals surface area (Å²) in [4.78, 5) is 0. The number of hydrogen-bond acceptors (Lipinski definition) is 2. The normalized spacial score (nSPS) is 22.8. The van der Waals surface area contributed by atoms with Crippen LogP contribution in [0.5, 0.6) is 5.75 Å². The minimum Gasteiger partial charge on any atom is -0.490 e. The molecule has 0 atom stereocenters. The fourth-order valence-electron chi connectivity index (χ4n) is 3.49. The van der Waals surface area contributed by atoms with Gasteiger partial charge in [0.1, 0.15) is 5.75 Å². The summed E-state index contributed by atoms with van der Waals surface area (Å²) >= 11 is 0. The molecule has 0 unspecified atom stereocenters. The van der Waals surface area contributed by atoms with Crippen LogP contribution in [0.25, 0.3) is 0 Å². The Bertz CT molecular complexity index is 419. The van der Waals surface area contributed by atoms with Crippen LogP contribution in [0.1, 0.15) is 56.9 Å². The average Bonchev–Trinajstić information content (AvgIpc) is 2.44. The molecular formula is C17H25NO. The summed E-state index contributed by atoms with van der Waals surface area (Å²) in [5, 5.41) is 0. The summed E-state index contributed by atoms with van der Waals surface area (Å²) in [6.07, 6.45) is 10.6. The number of benzene rings is 1. The van der Waals surface area contributed by atoms with Gasteiger partial charge >= 0.3 is 0 Å². The fourth-order valence-corrected chi connectivity index (χ4v) is 3.49. The molecule has 2 aliphatic carbocycles. The molecule has 2 aliphatic rings. The molecule has 1 aromatic rings. The number of ether oxygens (including phenoxy) is 1. The highest BCUT2D eigenvalue weighted by molar-refractivity contribution is 5.40. The van der Waals surface area contributed by atoms with Gasteiger partial charge in [-0.15, -0.1) is 0 Å². The molecular weight excluding hydrogens is 234 g/mol. The van der Waals surface area contributed by atoms with Crippen molar-refractivity contribution in [3.63, 3.8) is 0 Å². The van der Waals surface area contributed by atoms with Crippen molar-refractivity contribution in [1.82, 2.24) is 0 Å². The smallest absolute Gasteiger partial charge is 0.123 e. The summed E-state index contributed by atoms with van der Waals surface area (Å²) in [6, 6.07) is 8.60. The topological polar surface area (TPSA) is 35.2 Å². The van der Waals surface area contributed by atoms with Gasteiger partial charge in [-0.2, -0.15) is 0 Å². The van der Waals surface area contributed by atoms with Crippen LogP contribution in [0, 0.1) is 0 Å². The highest BCUT2D eigenvalue weighted by atomic mass is 16.5. The third kappa shape index (κ3) is 2.51. The van der Waals surface area contributed by atoms with Gasteiger partial charge in [0, 0.05) is 17.5 Å². The largest absolute Gasteiger partial charge is 0.490 e. The Kier molecular flexibility index (Phi) is 3.79. The van der Waals surface area contributed by atoms with Crippen molar-refractivity contribution in [3.05, 3.63) is 29.8 Å². The van der Waals surface area contributed by atoms with Crippen LogP contribution in [0.15, 0.2) is 24.3 Å². The monoisotopic (exact) mass is 259 g/mol. The van der Waals surface area contributed by atoms with E-state index in [1.54, 1.807) is 0 Å². The summed E-state index contributed by atoms with van der Waals surface area (Å²) < 4.78 is 6.21. The number of hydrogen-bond donors (Lipinski definition) is 1. The highest BCUT2D eigenvalue weighted by Crippen LogP contribution is 2.43. The third-order valence-electron chi connectivity index (χ3n) is 5.01. The van der Waals surface area contributed by atoms with Crippen molar-refractivity contribution >= 4 is 0 Å². The molecule has 104 valence electrons. The molecule has 1 aromatic carbocycles. The first-order valence-electron chi connectivity index (χ1n) is 7.80. The van der Waals surface area contributed by atoms with Gasteiger partial charge in [0.25, 0.3) is 0 Å². The van der Waals surface area contributed by atoms with E-state index in [0.29, 0.717) is 6.10 Å². The molecule has 0 heterocycles. The van der Waals surface area contributed by atoms with Gasteiger partial charge in [-0.05, 0) is 38.2 Å². The molecule has 0 aliphatic heterocycles. The van der Waals surface area contributed by atoms with Gasteiger partial charge in [-0.3, -0.25) is 0 Å². The van der Waals surface area contributed by atoms with Crippen LogP contribution in [-0.4, -0.2) is 12.6 Å². The molecule has 0 saturated heterocycles. The zero-order valence-electron chi connectivity index (χ0n) is 11.7. The summed E-state index contributed by atoms with van der Waals surface area (Å²) in [5.74, 6) is 1.10. The Morgan fingerprint density at radius 2 is 1.79 bits per heavy atom. The Labute approximate surface area is 116 Å². The molecule has 19 heavy (non-hydrogen) atoms. The SMILES string of the molecule is NCC1(c2ccccc2OC2CCC2)CCCCC1. The van der Waals surface area contributed by atoms with E-state index in [1.165, 1.54) is 56.9 Å². The Balaban J connectivity index is 1.88.